The molecule has 1 atom stereocenters. The SMILES string of the molecule is COc1ccc(CN2CCN(C(=O)[C@H](C)NC(C)=O)CC2)cc1F. The van der Waals surface area contributed by atoms with Gasteiger partial charge in [0.1, 0.15) is 6.04 Å². The first-order chi connectivity index (χ1) is 11.4. The molecule has 1 saturated heterocycles. The lowest BCUT2D eigenvalue weighted by molar-refractivity contribution is -0.137. The van der Waals surface area contributed by atoms with Gasteiger partial charge in [-0.15, -0.1) is 0 Å². The molecule has 0 unspecified atom stereocenters. The molecule has 1 fully saturated rings. The Morgan fingerprint density at radius 2 is 1.96 bits per heavy atom. The number of carbonyl (C=O) groups is 2. The third-order valence-corrected chi connectivity index (χ3v) is 4.10. The molecule has 24 heavy (non-hydrogen) atoms. The van der Waals surface area contributed by atoms with Crippen LogP contribution in [0.25, 0.3) is 0 Å². The number of piperazine rings is 1. The maximum Gasteiger partial charge on any atom is 0.244 e. The Balaban J connectivity index is 1.85. The molecule has 0 saturated carbocycles. The van der Waals surface area contributed by atoms with Gasteiger partial charge in [-0.1, -0.05) is 6.07 Å². The van der Waals surface area contributed by atoms with Crippen LogP contribution in [0.15, 0.2) is 18.2 Å². The summed E-state index contributed by atoms with van der Waals surface area (Å²) in [4.78, 5) is 27.2. The summed E-state index contributed by atoms with van der Waals surface area (Å²) < 4.78 is 18.7. The van der Waals surface area contributed by atoms with Crippen LogP contribution in [-0.4, -0.2) is 60.9 Å². The molecule has 1 heterocycles. The number of amides is 2. The second-order valence-corrected chi connectivity index (χ2v) is 5.99. The van der Waals surface area contributed by atoms with Gasteiger partial charge in [-0.25, -0.2) is 4.39 Å². The summed E-state index contributed by atoms with van der Waals surface area (Å²) in [6, 6.07) is 4.44. The molecular formula is C17H24FN3O3. The lowest BCUT2D eigenvalue weighted by Gasteiger charge is -2.36. The van der Waals surface area contributed by atoms with Crippen LogP contribution in [0, 0.1) is 5.82 Å². The first kappa shape index (κ1) is 18.2. The fourth-order valence-corrected chi connectivity index (χ4v) is 2.83. The Bertz CT molecular complexity index is 601. The molecule has 6 nitrogen and oxygen atoms in total. The summed E-state index contributed by atoms with van der Waals surface area (Å²) in [5.74, 6) is -0.412. The number of methoxy groups -OCH3 is 1. The highest BCUT2D eigenvalue weighted by Crippen LogP contribution is 2.19. The minimum absolute atomic E-state index is 0.0691. The van der Waals surface area contributed by atoms with E-state index in [0.29, 0.717) is 32.7 Å². The summed E-state index contributed by atoms with van der Waals surface area (Å²) in [7, 11) is 1.44. The van der Waals surface area contributed by atoms with Crippen LogP contribution in [0.3, 0.4) is 0 Å². The third-order valence-electron chi connectivity index (χ3n) is 4.10. The lowest BCUT2D eigenvalue weighted by Crippen LogP contribution is -2.53. The first-order valence-corrected chi connectivity index (χ1v) is 8.01. The summed E-state index contributed by atoms with van der Waals surface area (Å²) in [6.07, 6.45) is 0. The molecule has 1 aliphatic rings. The van der Waals surface area contributed by atoms with E-state index in [-0.39, 0.29) is 23.4 Å². The Kier molecular flexibility index (Phi) is 6.14. The second-order valence-electron chi connectivity index (χ2n) is 5.99. The van der Waals surface area contributed by atoms with E-state index >= 15 is 0 Å². The van der Waals surface area contributed by atoms with Crippen molar-refractivity contribution in [2.45, 2.75) is 26.4 Å². The van der Waals surface area contributed by atoms with Crippen molar-refractivity contribution in [3.8, 4) is 5.75 Å². The molecule has 0 bridgehead atoms. The summed E-state index contributed by atoms with van der Waals surface area (Å²) in [5.41, 5.74) is 0.875. The van der Waals surface area contributed by atoms with Gasteiger partial charge >= 0.3 is 0 Å². The van der Waals surface area contributed by atoms with E-state index in [1.807, 2.05) is 6.07 Å². The quantitative estimate of drug-likeness (QED) is 0.871. The number of hydrogen-bond acceptors (Lipinski definition) is 4. The zero-order valence-electron chi connectivity index (χ0n) is 14.3. The Labute approximate surface area is 141 Å². The van der Waals surface area contributed by atoms with E-state index in [1.54, 1.807) is 17.9 Å². The molecule has 0 spiro atoms. The van der Waals surface area contributed by atoms with Crippen LogP contribution in [0.1, 0.15) is 19.4 Å². The highest BCUT2D eigenvalue weighted by Gasteiger charge is 2.25. The monoisotopic (exact) mass is 337 g/mol. The topological polar surface area (TPSA) is 61.9 Å². The van der Waals surface area contributed by atoms with E-state index in [0.717, 1.165) is 5.56 Å². The summed E-state index contributed by atoms with van der Waals surface area (Å²) >= 11 is 0. The maximum absolute atomic E-state index is 13.7. The molecule has 2 amide bonds. The van der Waals surface area contributed by atoms with Gasteiger partial charge in [0.15, 0.2) is 11.6 Å². The third kappa shape index (κ3) is 4.67. The number of benzene rings is 1. The van der Waals surface area contributed by atoms with E-state index in [2.05, 4.69) is 10.2 Å². The largest absolute Gasteiger partial charge is 0.494 e. The van der Waals surface area contributed by atoms with Gasteiger partial charge < -0.3 is 15.0 Å². The number of nitrogens with one attached hydrogen (secondary N) is 1. The fraction of sp³-hybridized carbons (Fsp3) is 0.529. The first-order valence-electron chi connectivity index (χ1n) is 8.01. The molecule has 7 heteroatoms. The smallest absolute Gasteiger partial charge is 0.244 e. The van der Waals surface area contributed by atoms with Crippen molar-refractivity contribution in [1.82, 2.24) is 15.1 Å². The van der Waals surface area contributed by atoms with Gasteiger partial charge in [0.25, 0.3) is 0 Å². The van der Waals surface area contributed by atoms with Gasteiger partial charge in [-0.2, -0.15) is 0 Å². The molecule has 1 aromatic carbocycles. The zero-order valence-corrected chi connectivity index (χ0v) is 14.3. The van der Waals surface area contributed by atoms with Crippen molar-refractivity contribution >= 4 is 11.8 Å². The Morgan fingerprint density at radius 1 is 1.29 bits per heavy atom. The van der Waals surface area contributed by atoms with Crippen molar-refractivity contribution < 1.29 is 18.7 Å². The highest BCUT2D eigenvalue weighted by atomic mass is 19.1. The number of nitrogens with zero attached hydrogens (tertiary/aromatic N) is 2. The van der Waals surface area contributed by atoms with Gasteiger partial charge in [0.05, 0.1) is 7.11 Å². The predicted molar refractivity (Wildman–Crippen MR) is 88.1 cm³/mol. The fourth-order valence-electron chi connectivity index (χ4n) is 2.83. The number of carbonyl (C=O) groups excluding carboxylic acids is 2. The minimum Gasteiger partial charge on any atom is -0.494 e. The van der Waals surface area contributed by atoms with E-state index < -0.39 is 6.04 Å². The van der Waals surface area contributed by atoms with E-state index in [1.165, 1.54) is 20.1 Å². The normalized spacial score (nSPS) is 16.6. The zero-order chi connectivity index (χ0) is 17.7. The molecule has 0 aliphatic carbocycles. The molecule has 0 radical (unpaired) electrons. The second kappa shape index (κ2) is 8.10. The Hall–Kier alpha value is -2.15. The molecule has 132 valence electrons. The lowest BCUT2D eigenvalue weighted by atomic mass is 10.1. The van der Waals surface area contributed by atoms with E-state index in [4.69, 9.17) is 4.74 Å². The molecule has 1 aliphatic heterocycles. The van der Waals surface area contributed by atoms with Crippen LogP contribution >= 0.6 is 0 Å². The Morgan fingerprint density at radius 3 is 2.50 bits per heavy atom. The molecular weight excluding hydrogens is 313 g/mol. The van der Waals surface area contributed by atoms with Crippen LogP contribution < -0.4 is 10.1 Å². The standard InChI is InChI=1S/C17H24FN3O3/c1-12(19-13(2)22)17(23)21-8-6-20(7-9-21)11-14-4-5-16(24-3)15(18)10-14/h4-5,10,12H,6-9,11H2,1-3H3,(H,19,22)/t12-/m0/s1. The highest BCUT2D eigenvalue weighted by molar-refractivity contribution is 5.86. The average molecular weight is 337 g/mol. The summed E-state index contributed by atoms with van der Waals surface area (Å²) in [6.45, 7) is 6.34. The number of rotatable bonds is 5. The van der Waals surface area contributed by atoms with E-state index in [9.17, 15) is 14.0 Å². The number of hydrogen-bond donors (Lipinski definition) is 1. The van der Waals surface area contributed by atoms with Gasteiger partial charge in [0, 0.05) is 39.6 Å². The summed E-state index contributed by atoms with van der Waals surface area (Å²) in [5, 5.41) is 2.61. The van der Waals surface area contributed by atoms with Crippen LogP contribution in [-0.2, 0) is 16.1 Å². The van der Waals surface area contributed by atoms with Crippen LogP contribution in [0.2, 0.25) is 0 Å². The van der Waals surface area contributed by atoms with Crippen molar-refractivity contribution in [1.29, 1.82) is 0 Å². The van der Waals surface area contributed by atoms with Crippen LogP contribution in [0.4, 0.5) is 4.39 Å². The van der Waals surface area contributed by atoms with Gasteiger partial charge in [-0.05, 0) is 24.6 Å². The van der Waals surface area contributed by atoms with Crippen molar-refractivity contribution in [2.75, 3.05) is 33.3 Å². The van der Waals surface area contributed by atoms with Gasteiger partial charge in [0.2, 0.25) is 11.8 Å². The predicted octanol–water partition coefficient (Wildman–Crippen LogP) is 1.00. The van der Waals surface area contributed by atoms with Crippen LogP contribution in [0.5, 0.6) is 5.75 Å². The van der Waals surface area contributed by atoms with Crippen molar-refractivity contribution in [2.24, 2.45) is 0 Å². The molecule has 0 aromatic heterocycles. The van der Waals surface area contributed by atoms with Crippen molar-refractivity contribution in [3.63, 3.8) is 0 Å². The van der Waals surface area contributed by atoms with Crippen molar-refractivity contribution in [3.05, 3.63) is 29.6 Å². The number of ether oxygens (including phenoxy) is 1. The van der Waals surface area contributed by atoms with Gasteiger partial charge in [-0.3, -0.25) is 14.5 Å². The maximum atomic E-state index is 13.7. The molecule has 1 N–H and O–H groups in total. The molecule has 1 aromatic rings. The molecule has 2 rings (SSSR count). The minimum atomic E-state index is -0.510. The average Bonchev–Trinajstić information content (AvgIpc) is 2.54. The number of halogens is 1.